The zero-order chi connectivity index (χ0) is 24.6. The van der Waals surface area contributed by atoms with Crippen molar-refractivity contribution in [2.24, 2.45) is 0 Å². The summed E-state index contributed by atoms with van der Waals surface area (Å²) in [6.45, 7) is 3.74. The molecule has 0 bridgehead atoms. The third-order valence-electron chi connectivity index (χ3n) is 4.98. The minimum Gasteiger partial charge on any atom is -0.358 e. The molecule has 0 fully saturated rings. The van der Waals surface area contributed by atoms with E-state index in [2.05, 4.69) is 20.5 Å². The van der Waals surface area contributed by atoms with E-state index in [4.69, 9.17) is 0 Å². The molecule has 4 aromatic rings. The minimum absolute atomic E-state index is 0.0339. The molecule has 4 rings (SSSR count). The molecule has 4 heterocycles. The number of nitro groups is 1. The van der Waals surface area contributed by atoms with Crippen molar-refractivity contribution in [3.05, 3.63) is 62.4 Å². The van der Waals surface area contributed by atoms with Gasteiger partial charge >= 0.3 is 12.0 Å². The molecule has 1 N–H and O–H groups in total. The van der Waals surface area contributed by atoms with Gasteiger partial charge in [0.2, 0.25) is 0 Å². The van der Waals surface area contributed by atoms with Crippen LogP contribution in [0.4, 0.5) is 19.0 Å². The van der Waals surface area contributed by atoms with Gasteiger partial charge in [-0.1, -0.05) is 6.92 Å². The molecule has 0 aliphatic heterocycles. The zero-order valence-electron chi connectivity index (χ0n) is 18.0. The van der Waals surface area contributed by atoms with Crippen molar-refractivity contribution >= 4 is 28.7 Å². The van der Waals surface area contributed by atoms with Crippen LogP contribution in [-0.2, 0) is 19.1 Å². The van der Waals surface area contributed by atoms with Crippen LogP contribution in [0.3, 0.4) is 0 Å². The summed E-state index contributed by atoms with van der Waals surface area (Å²) in [5.74, 6) is -1.02. The number of thiophene rings is 1. The number of carbonyl (C=O) groups is 1. The van der Waals surface area contributed by atoms with E-state index in [1.807, 2.05) is 13.0 Å². The number of hydrogen-bond donors (Lipinski definition) is 1. The predicted molar refractivity (Wildman–Crippen MR) is 117 cm³/mol. The van der Waals surface area contributed by atoms with Gasteiger partial charge in [-0.15, -0.1) is 11.3 Å². The van der Waals surface area contributed by atoms with Gasteiger partial charge in [0, 0.05) is 17.5 Å². The molecule has 0 radical (unpaired) electrons. The number of aromatic nitrogens is 5. The molecule has 178 valence electrons. The molecular formula is C20H18F3N7O3S. The zero-order valence-corrected chi connectivity index (χ0v) is 18.8. The van der Waals surface area contributed by atoms with E-state index in [-0.39, 0.29) is 35.9 Å². The van der Waals surface area contributed by atoms with E-state index in [0.29, 0.717) is 15.1 Å². The smallest absolute Gasteiger partial charge is 0.358 e. The summed E-state index contributed by atoms with van der Waals surface area (Å²) in [5.41, 5.74) is -0.719. The lowest BCUT2D eigenvalue weighted by Crippen LogP contribution is -2.28. The topological polar surface area (TPSA) is 120 Å². The van der Waals surface area contributed by atoms with Crippen LogP contribution in [0.1, 0.15) is 33.7 Å². The van der Waals surface area contributed by atoms with Gasteiger partial charge in [-0.25, -0.2) is 9.50 Å². The number of aryl methyl sites for hydroxylation is 2. The molecule has 10 nitrogen and oxygen atoms in total. The summed E-state index contributed by atoms with van der Waals surface area (Å²) < 4.78 is 43.2. The number of nitrogens with one attached hydrogen (secondary N) is 1. The Bertz CT molecular complexity index is 1390. The largest absolute Gasteiger partial charge is 0.433 e. The number of rotatable bonds is 7. The molecule has 0 aromatic carbocycles. The van der Waals surface area contributed by atoms with Crippen LogP contribution >= 0.6 is 11.3 Å². The molecular weight excluding hydrogens is 475 g/mol. The van der Waals surface area contributed by atoms with E-state index in [9.17, 15) is 28.1 Å². The highest BCUT2D eigenvalue weighted by molar-refractivity contribution is 7.15. The van der Waals surface area contributed by atoms with Crippen molar-refractivity contribution in [3.63, 3.8) is 0 Å². The van der Waals surface area contributed by atoms with Gasteiger partial charge in [0.05, 0.1) is 34.0 Å². The van der Waals surface area contributed by atoms with Crippen molar-refractivity contribution in [2.75, 3.05) is 6.54 Å². The van der Waals surface area contributed by atoms with Crippen LogP contribution in [-0.4, -0.2) is 41.8 Å². The van der Waals surface area contributed by atoms with Gasteiger partial charge in [-0.05, 0) is 36.5 Å². The molecule has 1 amide bonds. The lowest BCUT2D eigenvalue weighted by molar-refractivity contribution is -0.389. The average Bonchev–Trinajstić information content (AvgIpc) is 3.50. The summed E-state index contributed by atoms with van der Waals surface area (Å²) >= 11 is 1.35. The first-order chi connectivity index (χ1) is 16.1. The van der Waals surface area contributed by atoms with Crippen LogP contribution in [0.15, 0.2) is 30.3 Å². The predicted octanol–water partition coefficient (Wildman–Crippen LogP) is 3.88. The van der Waals surface area contributed by atoms with Gasteiger partial charge < -0.3 is 15.4 Å². The van der Waals surface area contributed by atoms with Crippen LogP contribution in [0.5, 0.6) is 0 Å². The van der Waals surface area contributed by atoms with Crippen LogP contribution < -0.4 is 5.32 Å². The SMILES string of the molecule is CCc1ccc(-c2cc(C(F)(F)F)n3nc(C(=O)NCCn4nc([N+](=O)[O-])cc4C)cc3n2)s1. The Labute approximate surface area is 194 Å². The Morgan fingerprint density at radius 3 is 2.62 bits per heavy atom. The maximum absolute atomic E-state index is 13.7. The van der Waals surface area contributed by atoms with E-state index < -0.39 is 22.7 Å². The number of carbonyl (C=O) groups excluding carboxylic acids is 1. The molecule has 0 aliphatic carbocycles. The molecule has 0 spiro atoms. The third kappa shape index (κ3) is 4.62. The van der Waals surface area contributed by atoms with E-state index in [1.165, 1.54) is 28.2 Å². The fourth-order valence-corrected chi connectivity index (χ4v) is 4.20. The minimum atomic E-state index is -4.72. The average molecular weight is 493 g/mol. The van der Waals surface area contributed by atoms with Gasteiger partial charge in [-0.3, -0.25) is 4.79 Å². The Morgan fingerprint density at radius 2 is 2.00 bits per heavy atom. The van der Waals surface area contributed by atoms with Gasteiger partial charge in [-0.2, -0.15) is 23.0 Å². The first-order valence-corrected chi connectivity index (χ1v) is 10.9. The quantitative estimate of drug-likeness (QED) is 0.308. The summed E-state index contributed by atoms with van der Waals surface area (Å²) in [7, 11) is 0. The number of halogens is 3. The van der Waals surface area contributed by atoms with Crippen molar-refractivity contribution < 1.29 is 22.9 Å². The lowest BCUT2D eigenvalue weighted by atomic mass is 10.2. The van der Waals surface area contributed by atoms with Crippen molar-refractivity contribution in [3.8, 4) is 10.6 Å². The van der Waals surface area contributed by atoms with Crippen LogP contribution in [0.25, 0.3) is 16.2 Å². The number of fused-ring (bicyclic) bond motifs is 1. The number of alkyl halides is 3. The molecule has 34 heavy (non-hydrogen) atoms. The molecule has 4 aromatic heterocycles. The standard InChI is InChI=1S/C20H18F3N7O3S/c1-3-12-4-5-15(34-12)13-9-16(20(21,22)23)29-17(25-13)10-14(26-29)19(31)24-6-7-28-11(2)8-18(27-28)30(32)33/h4-5,8-10H,3,6-7H2,1-2H3,(H,24,31). The van der Waals surface area contributed by atoms with E-state index in [1.54, 1.807) is 13.0 Å². The molecule has 0 saturated heterocycles. The monoisotopic (exact) mass is 493 g/mol. The number of hydrogen-bond acceptors (Lipinski definition) is 7. The maximum atomic E-state index is 13.7. The maximum Gasteiger partial charge on any atom is 0.433 e. The Balaban J connectivity index is 1.58. The van der Waals surface area contributed by atoms with Crippen molar-refractivity contribution in [2.45, 2.75) is 33.0 Å². The summed E-state index contributed by atoms with van der Waals surface area (Å²) in [5, 5.41) is 21.0. The van der Waals surface area contributed by atoms with Gasteiger partial charge in [0.1, 0.15) is 0 Å². The molecule has 0 aliphatic rings. The van der Waals surface area contributed by atoms with Crippen LogP contribution in [0, 0.1) is 17.0 Å². The molecule has 0 saturated carbocycles. The second-order valence-corrected chi connectivity index (χ2v) is 8.49. The van der Waals surface area contributed by atoms with Crippen molar-refractivity contribution in [1.29, 1.82) is 0 Å². The van der Waals surface area contributed by atoms with E-state index in [0.717, 1.165) is 17.4 Å². The van der Waals surface area contributed by atoms with Crippen molar-refractivity contribution in [1.82, 2.24) is 29.7 Å². The Morgan fingerprint density at radius 1 is 1.24 bits per heavy atom. The summed E-state index contributed by atoms with van der Waals surface area (Å²) in [4.78, 5) is 28.6. The first-order valence-electron chi connectivity index (χ1n) is 10.1. The summed E-state index contributed by atoms with van der Waals surface area (Å²) in [6, 6.07) is 6.95. The molecule has 14 heteroatoms. The van der Waals surface area contributed by atoms with Crippen LogP contribution in [0.2, 0.25) is 0 Å². The van der Waals surface area contributed by atoms with E-state index >= 15 is 0 Å². The Hall–Kier alpha value is -3.81. The highest BCUT2D eigenvalue weighted by atomic mass is 32.1. The third-order valence-corrected chi connectivity index (χ3v) is 6.23. The molecule has 0 atom stereocenters. The first kappa shape index (κ1) is 23.4. The number of amides is 1. The Kier molecular flexibility index (Phi) is 6.08. The van der Waals surface area contributed by atoms with Gasteiger partial charge in [0.25, 0.3) is 5.91 Å². The fourth-order valence-electron chi connectivity index (χ4n) is 3.29. The van der Waals surface area contributed by atoms with Gasteiger partial charge in [0.15, 0.2) is 17.0 Å². The number of nitrogens with zero attached hydrogens (tertiary/aromatic N) is 6. The molecule has 0 unspecified atom stereocenters. The second kappa shape index (κ2) is 8.85. The second-order valence-electron chi connectivity index (χ2n) is 7.32. The normalized spacial score (nSPS) is 11.8. The fraction of sp³-hybridized carbons (Fsp3) is 0.300. The highest BCUT2D eigenvalue weighted by Gasteiger charge is 2.35. The lowest BCUT2D eigenvalue weighted by Gasteiger charge is -2.10. The highest BCUT2D eigenvalue weighted by Crippen LogP contribution is 2.34. The summed E-state index contributed by atoms with van der Waals surface area (Å²) in [6.07, 6.45) is -3.96.